The highest BCUT2D eigenvalue weighted by molar-refractivity contribution is 9.10. The molecule has 0 unspecified atom stereocenters. The molecule has 0 aliphatic heterocycles. The standard InChI is InChI=1S/C15H13BrFNO2S/c1-19-13-4-2-9(6-11(13)16)8-20-14-5-3-10(15(18)21)7-12(14)17/h2-7H,8H2,1H3,(H2,18,21). The Hall–Kier alpha value is -1.66. The zero-order valence-electron chi connectivity index (χ0n) is 11.2. The molecule has 3 nitrogen and oxygen atoms in total. The Balaban J connectivity index is 2.09. The smallest absolute Gasteiger partial charge is 0.165 e. The van der Waals surface area contributed by atoms with E-state index in [2.05, 4.69) is 15.9 Å². The van der Waals surface area contributed by atoms with Crippen LogP contribution >= 0.6 is 28.1 Å². The molecule has 0 amide bonds. The number of rotatable bonds is 5. The second kappa shape index (κ2) is 6.87. The largest absolute Gasteiger partial charge is 0.496 e. The first-order valence-corrected chi connectivity index (χ1v) is 7.26. The third kappa shape index (κ3) is 3.92. The van der Waals surface area contributed by atoms with Crippen LogP contribution in [0.15, 0.2) is 40.9 Å². The van der Waals surface area contributed by atoms with Gasteiger partial charge in [0, 0.05) is 5.56 Å². The molecule has 110 valence electrons. The Morgan fingerprint density at radius 2 is 1.95 bits per heavy atom. The summed E-state index contributed by atoms with van der Waals surface area (Å²) < 4.78 is 25.3. The number of hydrogen-bond acceptors (Lipinski definition) is 3. The summed E-state index contributed by atoms with van der Waals surface area (Å²) in [5, 5.41) is 0. The molecular formula is C15H13BrFNO2S. The Labute approximate surface area is 136 Å². The van der Waals surface area contributed by atoms with E-state index in [1.54, 1.807) is 13.2 Å². The van der Waals surface area contributed by atoms with Gasteiger partial charge in [-0.25, -0.2) is 4.39 Å². The highest BCUT2D eigenvalue weighted by Crippen LogP contribution is 2.26. The summed E-state index contributed by atoms with van der Waals surface area (Å²) in [5.74, 6) is 0.389. The first-order valence-electron chi connectivity index (χ1n) is 6.06. The van der Waals surface area contributed by atoms with Crippen LogP contribution in [-0.2, 0) is 6.61 Å². The fraction of sp³-hybridized carbons (Fsp3) is 0.133. The van der Waals surface area contributed by atoms with Crippen LogP contribution in [0, 0.1) is 5.82 Å². The van der Waals surface area contributed by atoms with Crippen LogP contribution in [0.3, 0.4) is 0 Å². The first kappa shape index (κ1) is 15.7. The molecule has 21 heavy (non-hydrogen) atoms. The van der Waals surface area contributed by atoms with Gasteiger partial charge in [0.1, 0.15) is 17.3 Å². The third-order valence-corrected chi connectivity index (χ3v) is 3.68. The van der Waals surface area contributed by atoms with Crippen molar-refractivity contribution in [3.8, 4) is 11.5 Å². The van der Waals surface area contributed by atoms with E-state index in [-0.39, 0.29) is 17.3 Å². The number of benzene rings is 2. The van der Waals surface area contributed by atoms with E-state index in [1.165, 1.54) is 12.1 Å². The number of ether oxygens (including phenoxy) is 2. The number of halogens is 2. The van der Waals surface area contributed by atoms with E-state index in [0.717, 1.165) is 15.8 Å². The number of thiocarbonyl (C=S) groups is 1. The van der Waals surface area contributed by atoms with Crippen molar-refractivity contribution < 1.29 is 13.9 Å². The van der Waals surface area contributed by atoms with Gasteiger partial charge in [-0.3, -0.25) is 0 Å². The lowest BCUT2D eigenvalue weighted by molar-refractivity contribution is 0.290. The van der Waals surface area contributed by atoms with E-state index >= 15 is 0 Å². The maximum Gasteiger partial charge on any atom is 0.165 e. The van der Waals surface area contributed by atoms with E-state index in [4.69, 9.17) is 27.4 Å². The molecule has 6 heteroatoms. The second-order valence-corrected chi connectivity index (χ2v) is 5.56. The summed E-state index contributed by atoms with van der Waals surface area (Å²) >= 11 is 8.19. The molecule has 0 saturated carbocycles. The van der Waals surface area contributed by atoms with Crippen LogP contribution in [0.1, 0.15) is 11.1 Å². The molecule has 0 fully saturated rings. The topological polar surface area (TPSA) is 44.5 Å². The maximum atomic E-state index is 13.8. The van der Waals surface area contributed by atoms with Crippen LogP contribution in [0.5, 0.6) is 11.5 Å². The quantitative estimate of drug-likeness (QED) is 0.813. The Morgan fingerprint density at radius 1 is 1.24 bits per heavy atom. The lowest BCUT2D eigenvalue weighted by Gasteiger charge is -2.10. The molecule has 2 aromatic carbocycles. The van der Waals surface area contributed by atoms with Gasteiger partial charge in [0.15, 0.2) is 11.6 Å². The van der Waals surface area contributed by atoms with Gasteiger partial charge in [0.25, 0.3) is 0 Å². The molecule has 0 aliphatic carbocycles. The maximum absolute atomic E-state index is 13.8. The molecule has 2 N–H and O–H groups in total. The van der Waals surface area contributed by atoms with Gasteiger partial charge in [-0.05, 0) is 51.8 Å². The Kier molecular flexibility index (Phi) is 5.14. The summed E-state index contributed by atoms with van der Waals surface area (Å²) in [4.78, 5) is 0.152. The molecule has 0 aromatic heterocycles. The molecule has 0 atom stereocenters. The third-order valence-electron chi connectivity index (χ3n) is 2.83. The van der Waals surface area contributed by atoms with Gasteiger partial charge in [-0.2, -0.15) is 0 Å². The average Bonchev–Trinajstić information content (AvgIpc) is 2.46. The number of nitrogens with two attached hydrogens (primary N) is 1. The van der Waals surface area contributed by atoms with Crippen molar-refractivity contribution in [1.82, 2.24) is 0 Å². The number of hydrogen-bond donors (Lipinski definition) is 1. The Morgan fingerprint density at radius 3 is 2.52 bits per heavy atom. The fourth-order valence-electron chi connectivity index (χ4n) is 1.73. The molecule has 0 spiro atoms. The highest BCUT2D eigenvalue weighted by Gasteiger charge is 2.07. The van der Waals surface area contributed by atoms with Crippen LogP contribution in [0.4, 0.5) is 4.39 Å². The minimum absolute atomic E-state index is 0.152. The zero-order chi connectivity index (χ0) is 15.4. The van der Waals surface area contributed by atoms with Crippen LogP contribution in [0.2, 0.25) is 0 Å². The fourth-order valence-corrected chi connectivity index (χ4v) is 2.45. The van der Waals surface area contributed by atoms with Crippen molar-refractivity contribution >= 4 is 33.1 Å². The summed E-state index contributed by atoms with van der Waals surface area (Å²) in [7, 11) is 1.59. The molecule has 0 heterocycles. The summed E-state index contributed by atoms with van der Waals surface area (Å²) in [5.41, 5.74) is 6.81. The first-order chi connectivity index (χ1) is 10.0. The van der Waals surface area contributed by atoms with E-state index in [1.807, 2.05) is 18.2 Å². The van der Waals surface area contributed by atoms with Crippen LogP contribution in [-0.4, -0.2) is 12.1 Å². The summed E-state index contributed by atoms with van der Waals surface area (Å²) in [6, 6.07) is 9.94. The van der Waals surface area contributed by atoms with Gasteiger partial charge in [0.2, 0.25) is 0 Å². The van der Waals surface area contributed by atoms with Crippen molar-refractivity contribution in [1.29, 1.82) is 0 Å². The van der Waals surface area contributed by atoms with Crippen LogP contribution < -0.4 is 15.2 Å². The van der Waals surface area contributed by atoms with Crippen molar-refractivity contribution in [3.05, 3.63) is 57.8 Å². The van der Waals surface area contributed by atoms with Gasteiger partial charge in [-0.15, -0.1) is 0 Å². The van der Waals surface area contributed by atoms with Crippen LogP contribution in [0.25, 0.3) is 0 Å². The second-order valence-electron chi connectivity index (χ2n) is 4.27. The Bertz CT molecular complexity index is 679. The zero-order valence-corrected chi connectivity index (χ0v) is 13.6. The highest BCUT2D eigenvalue weighted by atomic mass is 79.9. The molecule has 0 radical (unpaired) electrons. The lowest BCUT2D eigenvalue weighted by Crippen LogP contribution is -2.09. The minimum Gasteiger partial charge on any atom is -0.496 e. The van der Waals surface area contributed by atoms with Gasteiger partial charge < -0.3 is 15.2 Å². The van der Waals surface area contributed by atoms with Gasteiger partial charge in [-0.1, -0.05) is 18.3 Å². The molecule has 2 aromatic rings. The predicted octanol–water partition coefficient (Wildman–Crippen LogP) is 3.81. The summed E-state index contributed by atoms with van der Waals surface area (Å²) in [6.45, 7) is 0.242. The van der Waals surface area contributed by atoms with E-state index in [9.17, 15) is 4.39 Å². The molecule has 2 rings (SSSR count). The van der Waals surface area contributed by atoms with E-state index < -0.39 is 5.82 Å². The summed E-state index contributed by atoms with van der Waals surface area (Å²) in [6.07, 6.45) is 0. The minimum atomic E-state index is -0.493. The molecule has 0 bridgehead atoms. The predicted molar refractivity (Wildman–Crippen MR) is 87.3 cm³/mol. The molecule has 0 saturated heterocycles. The monoisotopic (exact) mass is 369 g/mol. The normalized spacial score (nSPS) is 10.2. The average molecular weight is 370 g/mol. The SMILES string of the molecule is COc1ccc(COc2ccc(C(N)=S)cc2F)cc1Br. The van der Waals surface area contributed by atoms with E-state index in [0.29, 0.717) is 5.56 Å². The lowest BCUT2D eigenvalue weighted by atomic mass is 10.2. The van der Waals surface area contributed by atoms with Gasteiger partial charge >= 0.3 is 0 Å². The molecular weight excluding hydrogens is 357 g/mol. The van der Waals surface area contributed by atoms with Gasteiger partial charge in [0.05, 0.1) is 11.6 Å². The number of methoxy groups -OCH3 is 1. The van der Waals surface area contributed by atoms with Crippen molar-refractivity contribution in [2.45, 2.75) is 6.61 Å². The molecule has 0 aliphatic rings. The van der Waals surface area contributed by atoms with Crippen molar-refractivity contribution in [2.75, 3.05) is 7.11 Å². The van der Waals surface area contributed by atoms with Crippen molar-refractivity contribution in [2.24, 2.45) is 5.73 Å². The van der Waals surface area contributed by atoms with Crippen molar-refractivity contribution in [3.63, 3.8) is 0 Å².